The van der Waals surface area contributed by atoms with Crippen LogP contribution in [-0.4, -0.2) is 16.8 Å². The summed E-state index contributed by atoms with van der Waals surface area (Å²) in [5.41, 5.74) is 2.72. The number of aromatic nitrogens is 1. The van der Waals surface area contributed by atoms with E-state index in [4.69, 9.17) is 0 Å². The zero-order chi connectivity index (χ0) is 16.9. The Labute approximate surface area is 143 Å². The Morgan fingerprint density at radius 3 is 2.50 bits per heavy atom. The van der Waals surface area contributed by atoms with E-state index in [1.165, 1.54) is 11.3 Å². The van der Waals surface area contributed by atoms with Gasteiger partial charge in [0, 0.05) is 29.3 Å². The number of hydrogen-bond acceptors (Lipinski definition) is 4. The summed E-state index contributed by atoms with van der Waals surface area (Å²) in [6, 6.07) is 12.3. The highest BCUT2D eigenvalue weighted by Crippen LogP contribution is 2.22. The molecule has 0 saturated carbocycles. The molecule has 120 valence electrons. The van der Waals surface area contributed by atoms with Gasteiger partial charge in [-0.25, -0.2) is 0 Å². The third-order valence-electron chi connectivity index (χ3n) is 3.43. The SMILES string of the molecule is Cc1ccc(NC(=O)c2cccs2)cc1NC(=O)c1ccncc1. The maximum atomic E-state index is 12.3. The number of benzene rings is 1. The molecule has 5 nitrogen and oxygen atoms in total. The molecule has 0 saturated heterocycles. The lowest BCUT2D eigenvalue weighted by Gasteiger charge is -2.11. The summed E-state index contributed by atoms with van der Waals surface area (Å²) in [5.74, 6) is -0.387. The number of thiophene rings is 1. The highest BCUT2D eigenvalue weighted by atomic mass is 32.1. The van der Waals surface area contributed by atoms with Gasteiger partial charge in [0.1, 0.15) is 0 Å². The van der Waals surface area contributed by atoms with Crippen molar-refractivity contribution in [3.63, 3.8) is 0 Å². The van der Waals surface area contributed by atoms with Crippen molar-refractivity contribution < 1.29 is 9.59 Å². The van der Waals surface area contributed by atoms with Crippen LogP contribution in [0.2, 0.25) is 0 Å². The first-order valence-electron chi connectivity index (χ1n) is 7.30. The first-order valence-corrected chi connectivity index (χ1v) is 8.18. The van der Waals surface area contributed by atoms with Crippen LogP contribution in [0.3, 0.4) is 0 Å². The monoisotopic (exact) mass is 337 g/mol. The minimum absolute atomic E-state index is 0.166. The molecule has 0 bridgehead atoms. The number of rotatable bonds is 4. The van der Waals surface area contributed by atoms with E-state index in [9.17, 15) is 9.59 Å². The molecule has 0 atom stereocenters. The van der Waals surface area contributed by atoms with Crippen LogP contribution in [-0.2, 0) is 0 Å². The normalized spacial score (nSPS) is 10.2. The Morgan fingerprint density at radius 2 is 1.79 bits per heavy atom. The molecule has 0 spiro atoms. The topological polar surface area (TPSA) is 71.1 Å². The minimum Gasteiger partial charge on any atom is -0.322 e. The summed E-state index contributed by atoms with van der Waals surface area (Å²) in [6.45, 7) is 1.90. The molecule has 0 aliphatic rings. The van der Waals surface area contributed by atoms with Gasteiger partial charge >= 0.3 is 0 Å². The van der Waals surface area contributed by atoms with Crippen LogP contribution in [0.15, 0.2) is 60.2 Å². The lowest BCUT2D eigenvalue weighted by atomic mass is 10.1. The van der Waals surface area contributed by atoms with Gasteiger partial charge in [-0.1, -0.05) is 12.1 Å². The van der Waals surface area contributed by atoms with E-state index in [1.807, 2.05) is 30.5 Å². The van der Waals surface area contributed by atoms with E-state index in [-0.39, 0.29) is 11.8 Å². The molecule has 24 heavy (non-hydrogen) atoms. The fourth-order valence-corrected chi connectivity index (χ4v) is 2.75. The maximum absolute atomic E-state index is 12.3. The zero-order valence-electron chi connectivity index (χ0n) is 12.9. The van der Waals surface area contributed by atoms with Crippen LogP contribution in [0.4, 0.5) is 11.4 Å². The summed E-state index contributed by atoms with van der Waals surface area (Å²) in [7, 11) is 0. The smallest absolute Gasteiger partial charge is 0.265 e. The first kappa shape index (κ1) is 15.9. The number of pyridine rings is 1. The Balaban J connectivity index is 1.77. The van der Waals surface area contributed by atoms with Crippen molar-refractivity contribution >= 4 is 34.5 Å². The molecule has 2 heterocycles. The first-order chi connectivity index (χ1) is 11.6. The third-order valence-corrected chi connectivity index (χ3v) is 4.30. The van der Waals surface area contributed by atoms with Gasteiger partial charge in [-0.2, -0.15) is 0 Å². The molecule has 0 aliphatic heterocycles. The van der Waals surface area contributed by atoms with E-state index in [2.05, 4.69) is 15.6 Å². The molecule has 2 aromatic heterocycles. The number of carbonyl (C=O) groups is 2. The van der Waals surface area contributed by atoms with Crippen LogP contribution < -0.4 is 10.6 Å². The zero-order valence-corrected chi connectivity index (χ0v) is 13.8. The average molecular weight is 337 g/mol. The molecule has 0 fully saturated rings. The molecule has 3 aromatic rings. The molecule has 0 unspecified atom stereocenters. The van der Waals surface area contributed by atoms with Crippen LogP contribution in [0.1, 0.15) is 25.6 Å². The van der Waals surface area contributed by atoms with Gasteiger partial charge in [0.25, 0.3) is 11.8 Å². The summed E-state index contributed by atoms with van der Waals surface area (Å²) < 4.78 is 0. The van der Waals surface area contributed by atoms with Crippen molar-refractivity contribution in [2.45, 2.75) is 6.92 Å². The molecule has 2 N–H and O–H groups in total. The fraction of sp³-hybridized carbons (Fsp3) is 0.0556. The maximum Gasteiger partial charge on any atom is 0.265 e. The van der Waals surface area contributed by atoms with Crippen molar-refractivity contribution in [1.82, 2.24) is 4.98 Å². The largest absolute Gasteiger partial charge is 0.322 e. The third kappa shape index (κ3) is 3.67. The number of amides is 2. The molecular formula is C18H15N3O2S. The van der Waals surface area contributed by atoms with Gasteiger partial charge in [-0.3, -0.25) is 14.6 Å². The summed E-state index contributed by atoms with van der Waals surface area (Å²) in [6.07, 6.45) is 3.14. The summed E-state index contributed by atoms with van der Waals surface area (Å²) in [4.78, 5) is 28.9. The second kappa shape index (κ2) is 7.06. The average Bonchev–Trinajstić information content (AvgIpc) is 3.13. The fourth-order valence-electron chi connectivity index (χ4n) is 2.13. The number of nitrogens with one attached hydrogen (secondary N) is 2. The van der Waals surface area contributed by atoms with Crippen LogP contribution >= 0.6 is 11.3 Å². The van der Waals surface area contributed by atoms with E-state index in [0.717, 1.165) is 5.56 Å². The van der Waals surface area contributed by atoms with Crippen LogP contribution in [0.5, 0.6) is 0 Å². The predicted octanol–water partition coefficient (Wildman–Crippen LogP) is 3.96. The van der Waals surface area contributed by atoms with Crippen molar-refractivity contribution in [3.05, 3.63) is 76.2 Å². The summed E-state index contributed by atoms with van der Waals surface area (Å²) in [5, 5.41) is 7.55. The number of carbonyl (C=O) groups excluding carboxylic acids is 2. The standard InChI is InChI=1S/C18H15N3O2S/c1-12-4-5-14(20-18(23)16-3-2-10-24-16)11-15(12)21-17(22)13-6-8-19-9-7-13/h2-11H,1H3,(H,20,23)(H,21,22). The number of anilines is 2. The number of nitrogens with zero attached hydrogens (tertiary/aromatic N) is 1. The van der Waals surface area contributed by atoms with E-state index in [1.54, 1.807) is 36.7 Å². The molecule has 0 aliphatic carbocycles. The quantitative estimate of drug-likeness (QED) is 0.757. The van der Waals surface area contributed by atoms with Crippen LogP contribution in [0, 0.1) is 6.92 Å². The minimum atomic E-state index is -0.220. The van der Waals surface area contributed by atoms with Crippen LogP contribution in [0.25, 0.3) is 0 Å². The molecule has 1 aromatic carbocycles. The van der Waals surface area contributed by atoms with Gasteiger partial charge in [0.2, 0.25) is 0 Å². The van der Waals surface area contributed by atoms with E-state index < -0.39 is 0 Å². The molecule has 6 heteroatoms. The van der Waals surface area contributed by atoms with Gasteiger partial charge in [-0.05, 0) is 48.2 Å². The van der Waals surface area contributed by atoms with Gasteiger partial charge < -0.3 is 10.6 Å². The van der Waals surface area contributed by atoms with Gasteiger partial charge in [0.15, 0.2) is 0 Å². The lowest BCUT2D eigenvalue weighted by Crippen LogP contribution is -2.14. The Hall–Kier alpha value is -2.99. The molecular weight excluding hydrogens is 322 g/mol. The van der Waals surface area contributed by atoms with Crippen molar-refractivity contribution in [3.8, 4) is 0 Å². The number of hydrogen-bond donors (Lipinski definition) is 2. The highest BCUT2D eigenvalue weighted by Gasteiger charge is 2.10. The van der Waals surface area contributed by atoms with Crippen molar-refractivity contribution in [1.29, 1.82) is 0 Å². The Bertz CT molecular complexity index is 861. The van der Waals surface area contributed by atoms with Gasteiger partial charge in [0.05, 0.1) is 4.88 Å². The molecule has 0 radical (unpaired) electrons. The predicted molar refractivity (Wildman–Crippen MR) is 95.6 cm³/mol. The highest BCUT2D eigenvalue weighted by molar-refractivity contribution is 7.12. The Morgan fingerprint density at radius 1 is 1.00 bits per heavy atom. The van der Waals surface area contributed by atoms with Gasteiger partial charge in [-0.15, -0.1) is 11.3 Å². The van der Waals surface area contributed by atoms with E-state index in [0.29, 0.717) is 21.8 Å². The second-order valence-corrected chi connectivity index (χ2v) is 6.10. The lowest BCUT2D eigenvalue weighted by molar-refractivity contribution is 0.102. The molecule has 2 amide bonds. The van der Waals surface area contributed by atoms with E-state index >= 15 is 0 Å². The number of aryl methyl sites for hydroxylation is 1. The van der Waals surface area contributed by atoms with Crippen molar-refractivity contribution in [2.24, 2.45) is 0 Å². The molecule has 3 rings (SSSR count). The van der Waals surface area contributed by atoms with Crippen molar-refractivity contribution in [2.75, 3.05) is 10.6 Å². The Kier molecular flexibility index (Phi) is 4.67. The summed E-state index contributed by atoms with van der Waals surface area (Å²) >= 11 is 1.38. The second-order valence-electron chi connectivity index (χ2n) is 5.15.